The Bertz CT molecular complexity index is 1060. The van der Waals surface area contributed by atoms with Gasteiger partial charge in [-0.3, -0.25) is 9.69 Å². The smallest absolute Gasteiger partial charge is 0.414 e. The van der Waals surface area contributed by atoms with Crippen molar-refractivity contribution in [1.29, 1.82) is 0 Å². The molecule has 2 aliphatic heterocycles. The van der Waals surface area contributed by atoms with Crippen molar-refractivity contribution in [3.8, 4) is 0 Å². The Morgan fingerprint density at radius 2 is 1.75 bits per heavy atom. The summed E-state index contributed by atoms with van der Waals surface area (Å²) < 4.78 is 20.1. The number of anilines is 3. The molecule has 194 valence electrons. The molecular formula is C24H27Br3FN5O3. The van der Waals surface area contributed by atoms with E-state index in [4.69, 9.17) is 4.74 Å². The van der Waals surface area contributed by atoms with Gasteiger partial charge in [0.2, 0.25) is 5.91 Å². The van der Waals surface area contributed by atoms with Crippen molar-refractivity contribution in [3.05, 3.63) is 54.6 Å². The molecule has 3 atom stereocenters. The summed E-state index contributed by atoms with van der Waals surface area (Å²) in [7, 11) is 0. The average Bonchev–Trinajstić information content (AvgIpc) is 3.22. The molecule has 0 bridgehead atoms. The minimum Gasteiger partial charge on any atom is -0.442 e. The summed E-state index contributed by atoms with van der Waals surface area (Å²) in [6.07, 6.45) is -2.49. The first kappa shape index (κ1) is 27.2. The van der Waals surface area contributed by atoms with Gasteiger partial charge in [-0.25, -0.2) is 14.1 Å². The van der Waals surface area contributed by atoms with Gasteiger partial charge in [-0.05, 0) is 36.4 Å². The van der Waals surface area contributed by atoms with E-state index in [-0.39, 0.29) is 19.0 Å². The lowest BCUT2D eigenvalue weighted by atomic mass is 10.2. The second-order valence-electron chi connectivity index (χ2n) is 8.64. The lowest BCUT2D eigenvalue weighted by molar-refractivity contribution is -0.119. The third kappa shape index (κ3) is 6.70. The van der Waals surface area contributed by atoms with Crippen molar-refractivity contribution >= 4 is 76.9 Å². The standard InChI is InChI=1S/C24H27Br3FN5O3/c1-16(34)29-13-20-14-33(23(35)36-20)19-9-7-18(8-10-19)31-11-12-32(21(28)15-31)22(24(25,26)27)30-17-5-3-2-4-6-17/h2-10,20-22,30H,11-15H2,1H3,(H,29,34). The number of amides is 2. The molecule has 12 heteroatoms. The van der Waals surface area contributed by atoms with Gasteiger partial charge in [0.1, 0.15) is 12.3 Å². The Morgan fingerprint density at radius 3 is 2.36 bits per heavy atom. The summed E-state index contributed by atoms with van der Waals surface area (Å²) in [5.74, 6) is -0.170. The van der Waals surface area contributed by atoms with Crippen molar-refractivity contribution in [3.63, 3.8) is 0 Å². The van der Waals surface area contributed by atoms with Gasteiger partial charge in [0.25, 0.3) is 0 Å². The molecule has 8 nitrogen and oxygen atoms in total. The van der Waals surface area contributed by atoms with E-state index in [2.05, 4.69) is 58.4 Å². The number of benzene rings is 2. The number of para-hydroxylation sites is 1. The van der Waals surface area contributed by atoms with E-state index in [1.807, 2.05) is 59.5 Å². The normalized spacial score (nSPS) is 21.8. The molecule has 4 rings (SSSR count). The number of halogens is 4. The Kier molecular flexibility index (Phi) is 8.79. The second kappa shape index (κ2) is 11.7. The third-order valence-electron chi connectivity index (χ3n) is 6.06. The molecule has 3 unspecified atom stereocenters. The van der Waals surface area contributed by atoms with Crippen LogP contribution >= 0.6 is 47.8 Å². The molecule has 2 fully saturated rings. The van der Waals surface area contributed by atoms with Crippen LogP contribution in [0.2, 0.25) is 0 Å². The highest BCUT2D eigenvalue weighted by atomic mass is 80.0. The summed E-state index contributed by atoms with van der Waals surface area (Å²) in [6, 6.07) is 17.1. The second-order valence-corrected chi connectivity index (χ2v) is 15.6. The minimum atomic E-state index is -1.23. The largest absolute Gasteiger partial charge is 0.442 e. The van der Waals surface area contributed by atoms with Gasteiger partial charge < -0.3 is 20.3 Å². The number of carbonyl (C=O) groups excluding carboxylic acids is 2. The average molecular weight is 692 g/mol. The highest BCUT2D eigenvalue weighted by Crippen LogP contribution is 2.41. The SMILES string of the molecule is CC(=O)NCC1CN(c2ccc(N3CCN(C(Nc4ccccc4)C(Br)(Br)Br)C(F)C3)cc2)C(=O)O1. The molecule has 2 heterocycles. The van der Waals surface area contributed by atoms with Gasteiger partial charge in [0.05, 0.1) is 19.6 Å². The van der Waals surface area contributed by atoms with Gasteiger partial charge in [-0.1, -0.05) is 66.0 Å². The zero-order valence-corrected chi connectivity index (χ0v) is 24.3. The van der Waals surface area contributed by atoms with E-state index < -0.39 is 26.8 Å². The van der Waals surface area contributed by atoms with E-state index in [1.165, 1.54) is 11.8 Å². The van der Waals surface area contributed by atoms with Crippen molar-refractivity contribution < 1.29 is 18.7 Å². The Morgan fingerprint density at radius 1 is 1.08 bits per heavy atom. The number of rotatable bonds is 7. The van der Waals surface area contributed by atoms with E-state index in [0.29, 0.717) is 25.3 Å². The van der Waals surface area contributed by atoms with E-state index in [1.54, 1.807) is 4.90 Å². The Hall–Kier alpha value is -1.89. The quantitative estimate of drug-likeness (QED) is 0.320. The summed E-state index contributed by atoms with van der Waals surface area (Å²) in [6.45, 7) is 3.36. The Labute approximate surface area is 234 Å². The van der Waals surface area contributed by atoms with Crippen LogP contribution in [0.15, 0.2) is 54.6 Å². The molecule has 2 aliphatic rings. The lowest BCUT2D eigenvalue weighted by Gasteiger charge is -2.45. The first-order valence-electron chi connectivity index (χ1n) is 11.5. The first-order valence-corrected chi connectivity index (χ1v) is 13.9. The fourth-order valence-corrected chi connectivity index (χ4v) is 5.40. The van der Waals surface area contributed by atoms with Crippen LogP contribution < -0.4 is 20.4 Å². The number of piperazine rings is 1. The van der Waals surface area contributed by atoms with Gasteiger partial charge >= 0.3 is 6.09 Å². The van der Waals surface area contributed by atoms with E-state index in [9.17, 15) is 9.59 Å². The fraction of sp³-hybridized carbons (Fsp3) is 0.417. The van der Waals surface area contributed by atoms with Crippen LogP contribution in [0.4, 0.5) is 26.2 Å². The van der Waals surface area contributed by atoms with Gasteiger partial charge in [-0.2, -0.15) is 0 Å². The molecule has 2 aromatic carbocycles. The molecule has 2 aromatic rings. The number of alkyl halides is 4. The van der Waals surface area contributed by atoms with E-state index >= 15 is 4.39 Å². The highest BCUT2D eigenvalue weighted by molar-refractivity contribution is 9.39. The maximum Gasteiger partial charge on any atom is 0.414 e. The monoisotopic (exact) mass is 689 g/mol. The predicted octanol–water partition coefficient (Wildman–Crippen LogP) is 4.84. The van der Waals surface area contributed by atoms with Crippen LogP contribution in [0.1, 0.15) is 6.92 Å². The van der Waals surface area contributed by atoms with Crippen molar-refractivity contribution in [2.24, 2.45) is 0 Å². The number of nitrogens with one attached hydrogen (secondary N) is 2. The number of ether oxygens (including phenoxy) is 1. The Balaban J connectivity index is 1.38. The van der Waals surface area contributed by atoms with Crippen molar-refractivity contribution in [2.45, 2.75) is 27.6 Å². The van der Waals surface area contributed by atoms with E-state index in [0.717, 1.165) is 11.4 Å². The van der Waals surface area contributed by atoms with Crippen LogP contribution in [0.3, 0.4) is 0 Å². The molecule has 0 saturated carbocycles. The molecule has 2 N–H and O–H groups in total. The van der Waals surface area contributed by atoms with Gasteiger partial charge in [0, 0.05) is 37.1 Å². The number of hydrogen-bond acceptors (Lipinski definition) is 6. The number of cyclic esters (lactones) is 1. The molecule has 2 saturated heterocycles. The summed E-state index contributed by atoms with van der Waals surface area (Å²) in [5, 5.41) is 6.06. The maximum absolute atomic E-state index is 15.5. The van der Waals surface area contributed by atoms with Gasteiger partial charge in [-0.15, -0.1) is 0 Å². The lowest BCUT2D eigenvalue weighted by Crippen LogP contribution is -2.60. The number of nitrogens with zero attached hydrogens (tertiary/aromatic N) is 3. The minimum absolute atomic E-state index is 0.170. The van der Waals surface area contributed by atoms with Crippen LogP contribution in [0.5, 0.6) is 0 Å². The summed E-state index contributed by atoms with van der Waals surface area (Å²) >= 11 is 10.7. The molecule has 0 radical (unpaired) electrons. The predicted molar refractivity (Wildman–Crippen MR) is 150 cm³/mol. The topological polar surface area (TPSA) is 77.2 Å². The summed E-state index contributed by atoms with van der Waals surface area (Å²) in [4.78, 5) is 28.7. The van der Waals surface area contributed by atoms with Crippen molar-refractivity contribution in [2.75, 3.05) is 47.8 Å². The van der Waals surface area contributed by atoms with Crippen molar-refractivity contribution in [1.82, 2.24) is 10.2 Å². The zero-order valence-electron chi connectivity index (χ0n) is 19.5. The molecule has 2 amide bonds. The third-order valence-corrected chi connectivity index (χ3v) is 7.36. The van der Waals surface area contributed by atoms with Crippen LogP contribution in [-0.4, -0.2) is 70.3 Å². The van der Waals surface area contributed by atoms with Crippen LogP contribution in [-0.2, 0) is 9.53 Å². The molecule has 0 aromatic heterocycles. The van der Waals surface area contributed by atoms with Crippen LogP contribution in [0.25, 0.3) is 0 Å². The zero-order chi connectivity index (χ0) is 25.9. The maximum atomic E-state index is 15.5. The molecule has 36 heavy (non-hydrogen) atoms. The number of hydrogen-bond donors (Lipinski definition) is 2. The molecular weight excluding hydrogens is 665 g/mol. The molecule has 0 aliphatic carbocycles. The molecule has 0 spiro atoms. The first-order chi connectivity index (χ1) is 17.1. The fourth-order valence-electron chi connectivity index (χ4n) is 4.26. The summed E-state index contributed by atoms with van der Waals surface area (Å²) in [5.41, 5.74) is 2.45. The number of carbonyl (C=O) groups is 2. The highest BCUT2D eigenvalue weighted by Gasteiger charge is 2.41. The van der Waals surface area contributed by atoms with Gasteiger partial charge in [0.15, 0.2) is 8.44 Å². The van der Waals surface area contributed by atoms with Crippen LogP contribution in [0, 0.1) is 0 Å².